The van der Waals surface area contributed by atoms with Crippen LogP contribution in [0.1, 0.15) is 11.1 Å². The first-order chi connectivity index (χ1) is 16.0. The molecule has 7 nitrogen and oxygen atoms in total. The largest absolute Gasteiger partial charge is 0.477 e. The van der Waals surface area contributed by atoms with Crippen molar-refractivity contribution in [1.29, 1.82) is 0 Å². The standard InChI is InChI=1S/C24H27N2O5PS/c1-30-13-19-16-33-23-24(31-2,22(29)26(23)20(19)21(27)28)25-32(14-17-9-5-3-6-10-17)15-18-11-7-4-8-12-18/h3-12,23,25H,13-16H2,1-2H3,(H,27,28)/t23-,24-/m0/s1. The number of rotatable bonds is 10. The molecule has 2 aliphatic heterocycles. The van der Waals surface area contributed by atoms with Gasteiger partial charge in [-0.25, -0.2) is 4.79 Å². The van der Waals surface area contributed by atoms with Gasteiger partial charge in [0.05, 0.1) is 6.61 Å². The number of benzene rings is 2. The highest BCUT2D eigenvalue weighted by Crippen LogP contribution is 2.51. The van der Waals surface area contributed by atoms with Gasteiger partial charge in [-0.05, 0) is 24.8 Å². The number of nitrogens with zero attached hydrogens (tertiary/aromatic N) is 1. The Kier molecular flexibility index (Phi) is 7.51. The van der Waals surface area contributed by atoms with Crippen LogP contribution in [0.25, 0.3) is 0 Å². The number of aliphatic carboxylic acids is 1. The fourth-order valence-electron chi connectivity index (χ4n) is 4.19. The summed E-state index contributed by atoms with van der Waals surface area (Å²) in [5.74, 6) is -1.03. The number of amides is 1. The molecule has 2 aromatic rings. The van der Waals surface area contributed by atoms with Crippen molar-refractivity contribution in [1.82, 2.24) is 9.99 Å². The third-order valence-corrected chi connectivity index (χ3v) is 9.23. The van der Waals surface area contributed by atoms with Crippen LogP contribution in [-0.4, -0.2) is 59.6 Å². The van der Waals surface area contributed by atoms with Gasteiger partial charge in [0.1, 0.15) is 11.1 Å². The fraction of sp³-hybridized carbons (Fsp3) is 0.333. The number of methoxy groups -OCH3 is 2. The number of carboxylic acids is 1. The second kappa shape index (κ2) is 10.4. The SMILES string of the molecule is COCC1=C(C(=O)O)N2C(=O)[C@](NP(Cc3ccccc3)Cc3ccccc3)(OC)[C@@H]2SC1. The average Bonchev–Trinajstić information content (AvgIpc) is 2.83. The zero-order valence-corrected chi connectivity index (χ0v) is 20.3. The van der Waals surface area contributed by atoms with Crippen molar-refractivity contribution >= 4 is 31.7 Å². The Morgan fingerprint density at radius 1 is 1.12 bits per heavy atom. The lowest BCUT2D eigenvalue weighted by atomic mass is 9.99. The van der Waals surface area contributed by atoms with Crippen LogP contribution in [0.5, 0.6) is 0 Å². The first-order valence-corrected chi connectivity index (χ1v) is 13.3. The third-order valence-electron chi connectivity index (χ3n) is 5.71. The Morgan fingerprint density at radius 2 is 1.70 bits per heavy atom. The summed E-state index contributed by atoms with van der Waals surface area (Å²) in [4.78, 5) is 26.8. The minimum atomic E-state index is -1.26. The van der Waals surface area contributed by atoms with Gasteiger partial charge in [-0.15, -0.1) is 11.8 Å². The van der Waals surface area contributed by atoms with E-state index in [2.05, 4.69) is 29.4 Å². The molecule has 2 heterocycles. The molecule has 0 unspecified atom stereocenters. The van der Waals surface area contributed by atoms with Gasteiger partial charge in [-0.2, -0.15) is 0 Å². The quantitative estimate of drug-likeness (QED) is 0.301. The summed E-state index contributed by atoms with van der Waals surface area (Å²) in [6, 6.07) is 20.3. The monoisotopic (exact) mass is 486 g/mol. The number of carbonyl (C=O) groups is 2. The van der Waals surface area contributed by atoms with E-state index in [-0.39, 0.29) is 18.2 Å². The lowest BCUT2D eigenvalue weighted by Crippen LogP contribution is -2.79. The number of ether oxygens (including phenoxy) is 2. The summed E-state index contributed by atoms with van der Waals surface area (Å²) < 4.78 is 11.0. The van der Waals surface area contributed by atoms with Crippen molar-refractivity contribution in [3.8, 4) is 0 Å². The van der Waals surface area contributed by atoms with Crippen molar-refractivity contribution in [2.45, 2.75) is 23.4 Å². The molecule has 2 aliphatic rings. The molecule has 33 heavy (non-hydrogen) atoms. The molecule has 0 spiro atoms. The predicted octanol–water partition coefficient (Wildman–Crippen LogP) is 3.62. The van der Waals surface area contributed by atoms with Crippen molar-refractivity contribution in [2.24, 2.45) is 0 Å². The summed E-state index contributed by atoms with van der Waals surface area (Å²) in [5.41, 5.74) is 1.69. The summed E-state index contributed by atoms with van der Waals surface area (Å²) in [6.07, 6.45) is 1.52. The van der Waals surface area contributed by atoms with Crippen molar-refractivity contribution in [3.63, 3.8) is 0 Å². The number of carbonyl (C=O) groups excluding carboxylic acids is 1. The molecule has 9 heteroatoms. The van der Waals surface area contributed by atoms with Crippen LogP contribution >= 0.6 is 19.8 Å². The lowest BCUT2D eigenvalue weighted by Gasteiger charge is -2.57. The number of hydrogen-bond acceptors (Lipinski definition) is 6. The van der Waals surface area contributed by atoms with E-state index >= 15 is 0 Å². The Balaban J connectivity index is 1.62. The van der Waals surface area contributed by atoms with E-state index in [1.165, 1.54) is 42.0 Å². The van der Waals surface area contributed by atoms with Crippen molar-refractivity contribution < 1.29 is 24.2 Å². The van der Waals surface area contributed by atoms with Gasteiger partial charge in [-0.3, -0.25) is 14.8 Å². The van der Waals surface area contributed by atoms with E-state index in [0.29, 0.717) is 11.3 Å². The van der Waals surface area contributed by atoms with E-state index in [1.54, 1.807) is 0 Å². The molecule has 1 fully saturated rings. The number of carboxylic acid groups (broad SMARTS) is 1. The molecule has 0 saturated carbocycles. The summed E-state index contributed by atoms with van der Waals surface area (Å²) in [7, 11) is 2.13. The number of thioether (sulfide) groups is 1. The average molecular weight is 487 g/mol. The first-order valence-electron chi connectivity index (χ1n) is 10.6. The van der Waals surface area contributed by atoms with E-state index < -0.39 is 25.1 Å². The Bertz CT molecular complexity index is 994. The second-order valence-electron chi connectivity index (χ2n) is 7.91. The number of hydrogen-bond donors (Lipinski definition) is 2. The number of nitrogens with one attached hydrogen (secondary N) is 1. The zero-order valence-electron chi connectivity index (χ0n) is 18.6. The van der Waals surface area contributed by atoms with Crippen LogP contribution in [-0.2, 0) is 31.4 Å². The minimum Gasteiger partial charge on any atom is -0.477 e. The molecular weight excluding hydrogens is 459 g/mol. The van der Waals surface area contributed by atoms with Crippen molar-refractivity contribution in [3.05, 3.63) is 83.1 Å². The molecule has 1 amide bonds. The molecular formula is C24H27N2O5PS. The summed E-state index contributed by atoms with van der Waals surface area (Å²) >= 11 is 1.50. The van der Waals surface area contributed by atoms with Crippen LogP contribution in [0.3, 0.4) is 0 Å². The molecule has 174 valence electrons. The van der Waals surface area contributed by atoms with E-state index in [1.807, 2.05) is 36.4 Å². The summed E-state index contributed by atoms with van der Waals surface area (Å²) in [6.45, 7) is 0.174. The van der Waals surface area contributed by atoms with Crippen LogP contribution < -0.4 is 5.09 Å². The van der Waals surface area contributed by atoms with Crippen LogP contribution in [0.2, 0.25) is 0 Å². The molecule has 0 bridgehead atoms. The van der Waals surface area contributed by atoms with Crippen LogP contribution in [0.4, 0.5) is 0 Å². The van der Waals surface area contributed by atoms with Gasteiger partial charge in [0.15, 0.2) is 0 Å². The maximum atomic E-state index is 13.5. The van der Waals surface area contributed by atoms with Crippen molar-refractivity contribution in [2.75, 3.05) is 26.6 Å². The number of fused-ring (bicyclic) bond motifs is 1. The van der Waals surface area contributed by atoms with Gasteiger partial charge in [0, 0.05) is 32.3 Å². The van der Waals surface area contributed by atoms with Gasteiger partial charge < -0.3 is 14.6 Å². The van der Waals surface area contributed by atoms with Crippen LogP contribution in [0.15, 0.2) is 71.9 Å². The molecule has 1 saturated heterocycles. The molecule has 0 aliphatic carbocycles. The second-order valence-corrected chi connectivity index (χ2v) is 10.9. The highest BCUT2D eigenvalue weighted by atomic mass is 32.2. The fourth-order valence-corrected chi connectivity index (χ4v) is 8.05. The molecule has 2 N–H and O–H groups in total. The Hall–Kier alpha value is -2.22. The Morgan fingerprint density at radius 3 is 2.18 bits per heavy atom. The molecule has 4 rings (SSSR count). The summed E-state index contributed by atoms with van der Waals surface area (Å²) in [5, 5.41) is 12.9. The lowest BCUT2D eigenvalue weighted by molar-refractivity contribution is -0.186. The van der Waals surface area contributed by atoms with E-state index in [4.69, 9.17) is 9.47 Å². The first kappa shape index (κ1) is 23.9. The predicted molar refractivity (Wildman–Crippen MR) is 130 cm³/mol. The number of β-lactam (4-membered cyclic amide) rings is 1. The van der Waals surface area contributed by atoms with Gasteiger partial charge in [0.2, 0.25) is 5.72 Å². The molecule has 0 radical (unpaired) electrons. The highest BCUT2D eigenvalue weighted by molar-refractivity contribution is 8.00. The zero-order chi connectivity index (χ0) is 23.4. The maximum absolute atomic E-state index is 13.5. The molecule has 0 aromatic heterocycles. The van der Waals surface area contributed by atoms with Gasteiger partial charge in [0.25, 0.3) is 5.91 Å². The normalized spacial score (nSPS) is 22.3. The maximum Gasteiger partial charge on any atom is 0.352 e. The van der Waals surface area contributed by atoms with E-state index in [0.717, 1.165) is 12.3 Å². The van der Waals surface area contributed by atoms with Crippen LogP contribution in [0, 0.1) is 0 Å². The van der Waals surface area contributed by atoms with E-state index in [9.17, 15) is 14.7 Å². The highest BCUT2D eigenvalue weighted by Gasteiger charge is 2.66. The third kappa shape index (κ3) is 4.72. The topological polar surface area (TPSA) is 88.1 Å². The smallest absolute Gasteiger partial charge is 0.352 e. The van der Waals surface area contributed by atoms with Gasteiger partial charge in [-0.1, -0.05) is 60.7 Å². The van der Waals surface area contributed by atoms with Gasteiger partial charge >= 0.3 is 5.97 Å². The minimum absolute atomic E-state index is 0.00974. The molecule has 2 aromatic carbocycles. The Labute approximate surface area is 198 Å². The molecule has 2 atom stereocenters.